The third-order valence-electron chi connectivity index (χ3n) is 5.86. The molecule has 5 nitrogen and oxygen atoms in total. The standard InChI is InChI=1S/C25H34FN3O2/c1-5-29(20(4)21-10-12-24(26)13-11-21)25(30)27-14-22-8-6-7-9-23(22)17-28-15-18(2)31-19(3)16-28/h6-13,18-20H,5,14-17H2,1-4H3,(H,27,30). The smallest absolute Gasteiger partial charge is 0.318 e. The number of carbonyl (C=O) groups is 1. The number of urea groups is 1. The molecule has 1 saturated heterocycles. The lowest BCUT2D eigenvalue weighted by molar-refractivity contribution is -0.0705. The van der Waals surface area contributed by atoms with E-state index >= 15 is 0 Å². The quantitative estimate of drug-likeness (QED) is 0.695. The van der Waals surface area contributed by atoms with Crippen LogP contribution < -0.4 is 5.32 Å². The predicted molar refractivity (Wildman–Crippen MR) is 121 cm³/mol. The molecule has 1 N–H and O–H groups in total. The molecule has 2 amide bonds. The second kappa shape index (κ2) is 10.7. The lowest BCUT2D eigenvalue weighted by Crippen LogP contribution is -2.45. The summed E-state index contributed by atoms with van der Waals surface area (Å²) in [5.41, 5.74) is 3.25. The molecule has 0 aromatic heterocycles. The summed E-state index contributed by atoms with van der Waals surface area (Å²) in [4.78, 5) is 17.1. The summed E-state index contributed by atoms with van der Waals surface area (Å²) in [6, 6.07) is 14.3. The van der Waals surface area contributed by atoms with Crippen molar-refractivity contribution in [1.29, 1.82) is 0 Å². The molecule has 1 aliphatic heterocycles. The molecule has 2 aromatic rings. The van der Waals surface area contributed by atoms with Crippen LogP contribution in [-0.4, -0.2) is 47.7 Å². The third-order valence-corrected chi connectivity index (χ3v) is 5.86. The predicted octanol–water partition coefficient (Wildman–Crippen LogP) is 4.73. The zero-order valence-electron chi connectivity index (χ0n) is 19.0. The molecule has 6 heteroatoms. The van der Waals surface area contributed by atoms with Crippen LogP contribution in [0.2, 0.25) is 0 Å². The van der Waals surface area contributed by atoms with Gasteiger partial charge in [-0.05, 0) is 56.5 Å². The van der Waals surface area contributed by atoms with Crippen molar-refractivity contribution in [1.82, 2.24) is 15.1 Å². The van der Waals surface area contributed by atoms with E-state index in [0.29, 0.717) is 13.1 Å². The number of rotatable bonds is 7. The van der Waals surface area contributed by atoms with Gasteiger partial charge in [0.15, 0.2) is 0 Å². The van der Waals surface area contributed by atoms with Gasteiger partial charge in [0.2, 0.25) is 0 Å². The number of nitrogens with one attached hydrogen (secondary N) is 1. The molecule has 0 spiro atoms. The number of benzene rings is 2. The van der Waals surface area contributed by atoms with Gasteiger partial charge in [-0.3, -0.25) is 4.90 Å². The minimum absolute atomic E-state index is 0.122. The summed E-state index contributed by atoms with van der Waals surface area (Å²) >= 11 is 0. The second-order valence-corrected chi connectivity index (χ2v) is 8.39. The van der Waals surface area contributed by atoms with Crippen LogP contribution in [0.25, 0.3) is 0 Å². The molecule has 1 aliphatic rings. The number of nitrogens with zero attached hydrogens (tertiary/aromatic N) is 2. The minimum Gasteiger partial charge on any atom is -0.373 e. The number of ether oxygens (including phenoxy) is 1. The molecule has 0 aliphatic carbocycles. The van der Waals surface area contributed by atoms with Gasteiger partial charge >= 0.3 is 6.03 Å². The molecular weight excluding hydrogens is 393 g/mol. The van der Waals surface area contributed by atoms with Crippen molar-refractivity contribution in [3.63, 3.8) is 0 Å². The van der Waals surface area contributed by atoms with Crippen molar-refractivity contribution < 1.29 is 13.9 Å². The van der Waals surface area contributed by atoms with Crippen molar-refractivity contribution in [3.05, 3.63) is 71.0 Å². The van der Waals surface area contributed by atoms with Crippen molar-refractivity contribution >= 4 is 6.03 Å². The Morgan fingerprint density at radius 1 is 1.13 bits per heavy atom. The normalized spacial score (nSPS) is 20.3. The average molecular weight is 428 g/mol. The van der Waals surface area contributed by atoms with Crippen LogP contribution in [0.4, 0.5) is 9.18 Å². The topological polar surface area (TPSA) is 44.8 Å². The fraction of sp³-hybridized carbons (Fsp3) is 0.480. The number of halogens is 1. The van der Waals surface area contributed by atoms with Gasteiger partial charge in [-0.25, -0.2) is 9.18 Å². The molecule has 1 fully saturated rings. The van der Waals surface area contributed by atoms with Crippen LogP contribution in [0.5, 0.6) is 0 Å². The monoisotopic (exact) mass is 427 g/mol. The van der Waals surface area contributed by atoms with E-state index in [1.807, 2.05) is 26.0 Å². The van der Waals surface area contributed by atoms with Gasteiger partial charge in [0.1, 0.15) is 5.82 Å². The van der Waals surface area contributed by atoms with E-state index in [0.717, 1.165) is 30.8 Å². The van der Waals surface area contributed by atoms with Crippen molar-refractivity contribution in [2.24, 2.45) is 0 Å². The molecule has 3 rings (SSSR count). The molecule has 168 valence electrons. The Morgan fingerprint density at radius 3 is 2.35 bits per heavy atom. The lowest BCUT2D eigenvalue weighted by Gasteiger charge is -2.35. The van der Waals surface area contributed by atoms with E-state index in [2.05, 4.69) is 36.2 Å². The molecule has 31 heavy (non-hydrogen) atoms. The Morgan fingerprint density at radius 2 is 1.74 bits per heavy atom. The SMILES string of the molecule is CCN(C(=O)NCc1ccccc1CN1CC(C)OC(C)C1)C(C)c1ccc(F)cc1. The Hall–Kier alpha value is -2.44. The van der Waals surface area contributed by atoms with Gasteiger partial charge in [0, 0.05) is 32.7 Å². The summed E-state index contributed by atoms with van der Waals surface area (Å²) in [5.74, 6) is -0.274. The van der Waals surface area contributed by atoms with Crippen LogP contribution in [0.1, 0.15) is 50.4 Å². The van der Waals surface area contributed by atoms with Gasteiger partial charge in [0.25, 0.3) is 0 Å². The van der Waals surface area contributed by atoms with Gasteiger partial charge in [-0.1, -0.05) is 36.4 Å². The van der Waals surface area contributed by atoms with Crippen LogP contribution in [0.3, 0.4) is 0 Å². The van der Waals surface area contributed by atoms with Gasteiger partial charge in [0.05, 0.1) is 18.2 Å². The first-order chi connectivity index (χ1) is 14.9. The zero-order chi connectivity index (χ0) is 22.4. The molecule has 0 bridgehead atoms. The summed E-state index contributed by atoms with van der Waals surface area (Å²) in [6.45, 7) is 11.8. The highest BCUT2D eigenvalue weighted by molar-refractivity contribution is 5.74. The molecule has 3 unspecified atom stereocenters. The lowest BCUT2D eigenvalue weighted by atomic mass is 10.1. The Kier molecular flexibility index (Phi) is 8.04. The maximum atomic E-state index is 13.2. The number of hydrogen-bond donors (Lipinski definition) is 1. The third kappa shape index (κ3) is 6.28. The molecule has 2 aromatic carbocycles. The summed E-state index contributed by atoms with van der Waals surface area (Å²) in [7, 11) is 0. The number of morpholine rings is 1. The fourth-order valence-electron chi connectivity index (χ4n) is 4.33. The van der Waals surface area contributed by atoms with Crippen LogP contribution in [0.15, 0.2) is 48.5 Å². The van der Waals surface area contributed by atoms with Crippen molar-refractivity contribution in [2.75, 3.05) is 19.6 Å². The maximum absolute atomic E-state index is 13.2. The van der Waals surface area contributed by atoms with Crippen molar-refractivity contribution in [3.8, 4) is 0 Å². The van der Waals surface area contributed by atoms with E-state index in [-0.39, 0.29) is 30.1 Å². The highest BCUT2D eigenvalue weighted by Crippen LogP contribution is 2.21. The largest absolute Gasteiger partial charge is 0.373 e. The first-order valence-corrected chi connectivity index (χ1v) is 11.1. The summed E-state index contributed by atoms with van der Waals surface area (Å²) in [6.07, 6.45) is 0.448. The summed E-state index contributed by atoms with van der Waals surface area (Å²) in [5, 5.41) is 3.08. The molecule has 3 atom stereocenters. The molecule has 0 saturated carbocycles. The number of carbonyl (C=O) groups excluding carboxylic acids is 1. The van der Waals surface area contributed by atoms with E-state index in [1.54, 1.807) is 17.0 Å². The van der Waals surface area contributed by atoms with Crippen molar-refractivity contribution in [2.45, 2.75) is 59.0 Å². The molecule has 0 radical (unpaired) electrons. The van der Waals surface area contributed by atoms with E-state index in [1.165, 1.54) is 17.7 Å². The number of hydrogen-bond acceptors (Lipinski definition) is 3. The Bertz CT molecular complexity index is 848. The van der Waals surface area contributed by atoms with Gasteiger partial charge < -0.3 is 15.0 Å². The number of amides is 2. The van der Waals surface area contributed by atoms with Gasteiger partial charge in [-0.2, -0.15) is 0 Å². The minimum atomic E-state index is -0.274. The molecular formula is C25H34FN3O2. The average Bonchev–Trinajstić information content (AvgIpc) is 2.73. The molecule has 1 heterocycles. The fourth-order valence-corrected chi connectivity index (χ4v) is 4.33. The maximum Gasteiger partial charge on any atom is 0.318 e. The van der Waals surface area contributed by atoms with Crippen LogP contribution in [0, 0.1) is 5.82 Å². The van der Waals surface area contributed by atoms with Crippen LogP contribution in [-0.2, 0) is 17.8 Å². The van der Waals surface area contributed by atoms with E-state index in [9.17, 15) is 9.18 Å². The van der Waals surface area contributed by atoms with Crippen LogP contribution >= 0.6 is 0 Å². The van der Waals surface area contributed by atoms with E-state index < -0.39 is 0 Å². The zero-order valence-corrected chi connectivity index (χ0v) is 19.0. The highest BCUT2D eigenvalue weighted by atomic mass is 19.1. The highest BCUT2D eigenvalue weighted by Gasteiger charge is 2.23. The van der Waals surface area contributed by atoms with Gasteiger partial charge in [-0.15, -0.1) is 0 Å². The first-order valence-electron chi connectivity index (χ1n) is 11.1. The first kappa shape index (κ1) is 23.2. The Labute approximate surface area is 185 Å². The van der Waals surface area contributed by atoms with E-state index in [4.69, 9.17) is 4.74 Å². The summed E-state index contributed by atoms with van der Waals surface area (Å²) < 4.78 is 19.1. The Balaban J connectivity index is 1.63. The second-order valence-electron chi connectivity index (χ2n) is 8.39.